The quantitative estimate of drug-likeness (QED) is 0.281. The molecule has 0 spiro atoms. The Balaban J connectivity index is 1.47. The van der Waals surface area contributed by atoms with Crippen LogP contribution in [0.3, 0.4) is 0 Å². The van der Waals surface area contributed by atoms with Gasteiger partial charge in [0.2, 0.25) is 15.8 Å². The summed E-state index contributed by atoms with van der Waals surface area (Å²) in [5.41, 5.74) is 1.76. The summed E-state index contributed by atoms with van der Waals surface area (Å²) in [6, 6.07) is 14.2. The number of rotatable bonds is 15. The molecule has 9 nitrogen and oxygen atoms in total. The third kappa shape index (κ3) is 7.96. The van der Waals surface area contributed by atoms with E-state index in [1.807, 2.05) is 24.3 Å². The van der Waals surface area contributed by atoms with Gasteiger partial charge in [-0.05, 0) is 47.9 Å². The Hall–Kier alpha value is -3.11. The maximum atomic E-state index is 12.4. The van der Waals surface area contributed by atoms with Crippen molar-refractivity contribution in [1.29, 1.82) is 0 Å². The summed E-state index contributed by atoms with van der Waals surface area (Å²) < 4.78 is 31.5. The van der Waals surface area contributed by atoms with E-state index >= 15 is 0 Å². The van der Waals surface area contributed by atoms with E-state index in [1.165, 1.54) is 75.1 Å². The second-order valence-corrected chi connectivity index (χ2v) is 11.1. The molecule has 3 aromatic rings. The summed E-state index contributed by atoms with van der Waals surface area (Å²) in [6.07, 6.45) is 8.68. The topological polar surface area (TPSA) is 107 Å². The van der Waals surface area contributed by atoms with Crippen LogP contribution >= 0.6 is 0 Å². The fraction of sp³-hybridized carbons (Fsp3) is 0.462. The molecule has 10 heteroatoms. The maximum absolute atomic E-state index is 12.4. The smallest absolute Gasteiger partial charge is 0.242 e. The van der Waals surface area contributed by atoms with Gasteiger partial charge in [-0.2, -0.15) is 4.80 Å². The van der Waals surface area contributed by atoms with E-state index in [0.29, 0.717) is 11.3 Å². The number of aromatic nitrogens is 4. The molecule has 0 N–H and O–H groups in total. The van der Waals surface area contributed by atoms with Gasteiger partial charge in [-0.15, -0.1) is 10.2 Å². The van der Waals surface area contributed by atoms with Gasteiger partial charge in [-0.3, -0.25) is 4.79 Å². The van der Waals surface area contributed by atoms with Crippen molar-refractivity contribution in [3.8, 4) is 17.1 Å². The van der Waals surface area contributed by atoms with Crippen LogP contribution in [0.1, 0.15) is 51.0 Å². The summed E-state index contributed by atoms with van der Waals surface area (Å²) >= 11 is 0. The first-order valence-electron chi connectivity index (χ1n) is 12.3. The van der Waals surface area contributed by atoms with Crippen molar-refractivity contribution >= 4 is 15.8 Å². The highest BCUT2D eigenvalue weighted by Crippen LogP contribution is 2.20. The van der Waals surface area contributed by atoms with Crippen molar-refractivity contribution in [1.82, 2.24) is 24.5 Å². The minimum atomic E-state index is -3.59. The van der Waals surface area contributed by atoms with Crippen LogP contribution in [0.4, 0.5) is 0 Å². The highest BCUT2D eigenvalue weighted by atomic mass is 32.2. The first-order valence-corrected chi connectivity index (χ1v) is 13.8. The van der Waals surface area contributed by atoms with Gasteiger partial charge in [0.05, 0.1) is 4.90 Å². The molecule has 3 rings (SSSR count). The SMILES string of the molecule is CCCCCCCCc1ccc(OCC(=O)Cn2nnc(-c3cccc(S(=O)(=O)N(C)C)c3)n2)cc1. The molecule has 0 fully saturated rings. The van der Waals surface area contributed by atoms with Crippen molar-refractivity contribution in [2.75, 3.05) is 20.7 Å². The summed E-state index contributed by atoms with van der Waals surface area (Å²) in [5, 5.41) is 12.1. The minimum absolute atomic E-state index is 0.0984. The lowest BCUT2D eigenvalue weighted by atomic mass is 10.0. The van der Waals surface area contributed by atoms with Crippen molar-refractivity contribution < 1.29 is 17.9 Å². The van der Waals surface area contributed by atoms with E-state index in [0.717, 1.165) is 10.7 Å². The lowest BCUT2D eigenvalue weighted by molar-refractivity contribution is -0.122. The molecule has 2 aromatic carbocycles. The van der Waals surface area contributed by atoms with Crippen molar-refractivity contribution in [3.63, 3.8) is 0 Å². The fourth-order valence-electron chi connectivity index (χ4n) is 3.66. The number of hydrogen-bond acceptors (Lipinski definition) is 7. The molecule has 0 saturated carbocycles. The van der Waals surface area contributed by atoms with E-state index in [9.17, 15) is 13.2 Å². The number of nitrogens with zero attached hydrogens (tertiary/aromatic N) is 5. The van der Waals surface area contributed by atoms with Gasteiger partial charge in [-0.1, -0.05) is 63.3 Å². The largest absolute Gasteiger partial charge is 0.486 e. The van der Waals surface area contributed by atoms with Gasteiger partial charge in [0.15, 0.2) is 5.78 Å². The van der Waals surface area contributed by atoms with Crippen LogP contribution in [-0.4, -0.2) is 59.4 Å². The number of unbranched alkanes of at least 4 members (excludes halogenated alkanes) is 5. The van der Waals surface area contributed by atoms with E-state index < -0.39 is 10.0 Å². The van der Waals surface area contributed by atoms with E-state index in [2.05, 4.69) is 22.3 Å². The molecule has 1 heterocycles. The van der Waals surface area contributed by atoms with Gasteiger partial charge >= 0.3 is 0 Å². The zero-order valence-electron chi connectivity index (χ0n) is 21.3. The summed E-state index contributed by atoms with van der Waals surface area (Å²) in [7, 11) is -0.651. The van der Waals surface area contributed by atoms with Gasteiger partial charge in [0, 0.05) is 19.7 Å². The van der Waals surface area contributed by atoms with Crippen LogP contribution in [0.5, 0.6) is 5.75 Å². The van der Waals surface area contributed by atoms with Crippen LogP contribution < -0.4 is 4.74 Å². The van der Waals surface area contributed by atoms with Crippen LogP contribution in [-0.2, 0) is 27.8 Å². The van der Waals surface area contributed by atoms with Crippen molar-refractivity contribution in [3.05, 3.63) is 54.1 Å². The standard InChI is InChI=1S/C26H35N5O4S/c1-4-5-6-7-8-9-11-21-14-16-24(17-15-21)35-20-23(32)19-31-28-26(27-29-31)22-12-10-13-25(18-22)36(33,34)30(2)3/h10,12-18H,4-9,11,19-20H2,1-3H3. The Morgan fingerprint density at radius 2 is 1.72 bits per heavy atom. The van der Waals surface area contributed by atoms with Crippen LogP contribution in [0.25, 0.3) is 11.4 Å². The molecule has 0 aliphatic rings. The second-order valence-electron chi connectivity index (χ2n) is 8.95. The minimum Gasteiger partial charge on any atom is -0.486 e. The predicted octanol–water partition coefficient (Wildman–Crippen LogP) is 4.14. The Bertz CT molecular complexity index is 1220. The number of sulfonamides is 1. The molecule has 0 amide bonds. The molecule has 0 radical (unpaired) electrons. The molecule has 0 bridgehead atoms. The third-order valence-electron chi connectivity index (χ3n) is 5.78. The molecule has 0 saturated heterocycles. The normalized spacial score (nSPS) is 11.7. The van der Waals surface area contributed by atoms with Crippen molar-refractivity contribution in [2.24, 2.45) is 0 Å². The van der Waals surface area contributed by atoms with E-state index in [1.54, 1.807) is 12.1 Å². The molecule has 36 heavy (non-hydrogen) atoms. The Kier molecular flexibility index (Phi) is 10.1. The highest BCUT2D eigenvalue weighted by molar-refractivity contribution is 7.89. The maximum Gasteiger partial charge on any atom is 0.242 e. The number of Topliss-reactive ketones (excluding diaryl/α,β-unsaturated/α-hetero) is 1. The number of hydrogen-bond donors (Lipinski definition) is 0. The van der Waals surface area contributed by atoms with Crippen LogP contribution in [0, 0.1) is 0 Å². The zero-order chi connectivity index (χ0) is 26.0. The Morgan fingerprint density at radius 1 is 1.00 bits per heavy atom. The molecule has 0 aliphatic heterocycles. The van der Waals surface area contributed by atoms with Gasteiger partial charge < -0.3 is 4.74 Å². The van der Waals surface area contributed by atoms with Gasteiger partial charge in [0.1, 0.15) is 18.9 Å². The van der Waals surface area contributed by atoms with E-state index in [-0.39, 0.29) is 29.7 Å². The molecule has 1 aromatic heterocycles. The summed E-state index contributed by atoms with van der Waals surface area (Å²) in [5.74, 6) is 0.667. The Labute approximate surface area is 213 Å². The van der Waals surface area contributed by atoms with Gasteiger partial charge in [0.25, 0.3) is 0 Å². The first kappa shape index (κ1) is 27.5. The fourth-order valence-corrected chi connectivity index (χ4v) is 4.61. The predicted molar refractivity (Wildman–Crippen MR) is 138 cm³/mol. The average molecular weight is 514 g/mol. The molecule has 194 valence electrons. The number of ketones is 1. The molecular weight excluding hydrogens is 478 g/mol. The second kappa shape index (κ2) is 13.3. The molecule has 0 aliphatic carbocycles. The van der Waals surface area contributed by atoms with Gasteiger partial charge in [-0.25, -0.2) is 12.7 Å². The summed E-state index contributed by atoms with van der Waals surface area (Å²) in [6.45, 7) is 2.02. The number of benzene rings is 2. The molecular formula is C26H35N5O4S. The van der Waals surface area contributed by atoms with E-state index in [4.69, 9.17) is 4.74 Å². The highest BCUT2D eigenvalue weighted by Gasteiger charge is 2.19. The number of ether oxygens (including phenoxy) is 1. The summed E-state index contributed by atoms with van der Waals surface area (Å²) in [4.78, 5) is 13.7. The first-order chi connectivity index (χ1) is 17.3. The van der Waals surface area contributed by atoms with Crippen LogP contribution in [0.2, 0.25) is 0 Å². The van der Waals surface area contributed by atoms with Crippen LogP contribution in [0.15, 0.2) is 53.4 Å². The Morgan fingerprint density at radius 3 is 2.44 bits per heavy atom. The lowest BCUT2D eigenvalue weighted by Gasteiger charge is -2.11. The lowest BCUT2D eigenvalue weighted by Crippen LogP contribution is -2.22. The average Bonchev–Trinajstić information content (AvgIpc) is 3.34. The number of carbonyl (C=O) groups is 1. The number of carbonyl (C=O) groups excluding carboxylic acids is 1. The number of aryl methyl sites for hydroxylation is 1. The molecule has 0 atom stereocenters. The number of tetrazole rings is 1. The zero-order valence-corrected chi connectivity index (χ0v) is 22.1. The molecule has 0 unspecified atom stereocenters. The third-order valence-corrected chi connectivity index (χ3v) is 7.59. The monoisotopic (exact) mass is 513 g/mol. The van der Waals surface area contributed by atoms with Crippen molar-refractivity contribution in [2.45, 2.75) is 63.3 Å².